The van der Waals surface area contributed by atoms with Gasteiger partial charge in [-0.25, -0.2) is 9.97 Å². The second-order valence-corrected chi connectivity index (χ2v) is 7.49. The number of aromatic nitrogens is 4. The van der Waals surface area contributed by atoms with Crippen LogP contribution in [0.15, 0.2) is 24.3 Å². The standard InChI is InChI=1S/C20H26N6/c1-13(2)12-24-6-8-25(9-7-24)17-11-16(5)22-20-18-14(3)10-15(4)21-19(18)23-26(17)20/h10-11H,1,6-9,12H2,2-5H3. The van der Waals surface area contributed by atoms with Crippen LogP contribution in [0.5, 0.6) is 0 Å². The molecule has 0 aliphatic carbocycles. The number of rotatable bonds is 3. The van der Waals surface area contributed by atoms with E-state index in [1.165, 1.54) is 11.1 Å². The topological polar surface area (TPSA) is 49.6 Å². The molecule has 1 fully saturated rings. The van der Waals surface area contributed by atoms with Crippen LogP contribution in [0.4, 0.5) is 5.82 Å². The Morgan fingerprint density at radius 2 is 1.73 bits per heavy atom. The summed E-state index contributed by atoms with van der Waals surface area (Å²) in [6.07, 6.45) is 0. The molecule has 0 unspecified atom stereocenters. The lowest BCUT2D eigenvalue weighted by Gasteiger charge is -2.36. The summed E-state index contributed by atoms with van der Waals surface area (Å²) in [6.45, 7) is 17.3. The van der Waals surface area contributed by atoms with Gasteiger partial charge in [0.1, 0.15) is 5.82 Å². The maximum absolute atomic E-state index is 4.79. The Balaban J connectivity index is 1.76. The van der Waals surface area contributed by atoms with Crippen molar-refractivity contribution in [2.75, 3.05) is 37.6 Å². The number of hydrogen-bond donors (Lipinski definition) is 0. The van der Waals surface area contributed by atoms with Crippen LogP contribution in [-0.4, -0.2) is 57.2 Å². The molecule has 3 aromatic heterocycles. The Hall–Kier alpha value is -2.47. The lowest BCUT2D eigenvalue weighted by atomic mass is 10.2. The first kappa shape index (κ1) is 17.0. The molecule has 1 saturated heterocycles. The zero-order valence-electron chi connectivity index (χ0n) is 16.1. The van der Waals surface area contributed by atoms with E-state index in [9.17, 15) is 0 Å². The van der Waals surface area contributed by atoms with Crippen LogP contribution in [0.1, 0.15) is 23.9 Å². The van der Waals surface area contributed by atoms with Crippen LogP contribution >= 0.6 is 0 Å². The third-order valence-corrected chi connectivity index (χ3v) is 4.97. The van der Waals surface area contributed by atoms with Gasteiger partial charge in [0.2, 0.25) is 0 Å². The largest absolute Gasteiger partial charge is 0.354 e. The third-order valence-electron chi connectivity index (χ3n) is 4.97. The number of piperazine rings is 1. The summed E-state index contributed by atoms with van der Waals surface area (Å²) >= 11 is 0. The average molecular weight is 350 g/mol. The van der Waals surface area contributed by atoms with E-state index < -0.39 is 0 Å². The average Bonchev–Trinajstić information content (AvgIpc) is 2.92. The molecule has 0 atom stereocenters. The molecule has 4 rings (SSSR count). The van der Waals surface area contributed by atoms with Crippen LogP contribution in [-0.2, 0) is 0 Å². The van der Waals surface area contributed by atoms with Gasteiger partial charge in [0.15, 0.2) is 11.3 Å². The Labute approximate surface area is 154 Å². The van der Waals surface area contributed by atoms with Crippen molar-refractivity contribution in [2.45, 2.75) is 27.7 Å². The van der Waals surface area contributed by atoms with Gasteiger partial charge in [0.05, 0.1) is 5.39 Å². The van der Waals surface area contributed by atoms with E-state index in [4.69, 9.17) is 10.1 Å². The van der Waals surface area contributed by atoms with Crippen molar-refractivity contribution in [3.8, 4) is 0 Å². The van der Waals surface area contributed by atoms with Crippen LogP contribution in [0.2, 0.25) is 0 Å². The van der Waals surface area contributed by atoms with Crippen LogP contribution in [0, 0.1) is 20.8 Å². The molecule has 0 aromatic carbocycles. The fourth-order valence-electron chi connectivity index (χ4n) is 3.87. The number of hydrogen-bond acceptors (Lipinski definition) is 5. The molecular weight excluding hydrogens is 324 g/mol. The van der Waals surface area contributed by atoms with E-state index in [1.807, 2.05) is 11.4 Å². The predicted octanol–water partition coefficient (Wildman–Crippen LogP) is 2.90. The van der Waals surface area contributed by atoms with Crippen LogP contribution in [0.25, 0.3) is 16.7 Å². The number of aryl methyl sites for hydroxylation is 3. The lowest BCUT2D eigenvalue weighted by Crippen LogP contribution is -2.47. The van der Waals surface area contributed by atoms with Crippen molar-refractivity contribution in [2.24, 2.45) is 0 Å². The molecule has 0 N–H and O–H groups in total. The van der Waals surface area contributed by atoms with Gasteiger partial charge >= 0.3 is 0 Å². The monoisotopic (exact) mass is 350 g/mol. The number of pyridine rings is 1. The van der Waals surface area contributed by atoms with Crippen LogP contribution in [0.3, 0.4) is 0 Å². The van der Waals surface area contributed by atoms with Crippen molar-refractivity contribution < 1.29 is 0 Å². The summed E-state index contributed by atoms with van der Waals surface area (Å²) in [6, 6.07) is 4.24. The van der Waals surface area contributed by atoms with Gasteiger partial charge in [0, 0.05) is 50.2 Å². The van der Waals surface area contributed by atoms with Crippen LogP contribution < -0.4 is 4.90 Å². The third kappa shape index (κ3) is 2.94. The Bertz CT molecular complexity index is 995. The van der Waals surface area contributed by atoms with E-state index in [-0.39, 0.29) is 0 Å². The highest BCUT2D eigenvalue weighted by Crippen LogP contribution is 2.26. The molecule has 0 bridgehead atoms. The lowest BCUT2D eigenvalue weighted by molar-refractivity contribution is 0.277. The van der Waals surface area contributed by atoms with E-state index in [0.717, 1.165) is 66.6 Å². The van der Waals surface area contributed by atoms with Gasteiger partial charge in [0.25, 0.3) is 0 Å². The molecule has 6 nitrogen and oxygen atoms in total. The summed E-state index contributed by atoms with van der Waals surface area (Å²) in [5.41, 5.74) is 6.09. The number of anilines is 1. The van der Waals surface area contributed by atoms with E-state index in [0.29, 0.717) is 0 Å². The molecular formula is C20H26N6. The molecule has 3 aromatic rings. The molecule has 0 spiro atoms. The van der Waals surface area contributed by atoms with Crippen molar-refractivity contribution in [3.05, 3.63) is 41.2 Å². The summed E-state index contributed by atoms with van der Waals surface area (Å²) in [5, 5.41) is 5.85. The van der Waals surface area contributed by atoms with Crippen molar-refractivity contribution in [1.29, 1.82) is 0 Å². The van der Waals surface area contributed by atoms with E-state index in [2.05, 4.69) is 54.3 Å². The highest BCUT2D eigenvalue weighted by molar-refractivity contribution is 5.93. The normalized spacial score (nSPS) is 15.9. The molecule has 1 aliphatic heterocycles. The molecule has 0 saturated carbocycles. The highest BCUT2D eigenvalue weighted by Gasteiger charge is 2.22. The smallest absolute Gasteiger partial charge is 0.184 e. The molecule has 4 heterocycles. The minimum absolute atomic E-state index is 0.780. The minimum Gasteiger partial charge on any atom is -0.354 e. The van der Waals surface area contributed by atoms with Crippen molar-refractivity contribution >= 4 is 22.5 Å². The first-order valence-electron chi connectivity index (χ1n) is 9.18. The zero-order valence-corrected chi connectivity index (χ0v) is 16.1. The first-order valence-corrected chi connectivity index (χ1v) is 9.18. The molecule has 0 radical (unpaired) electrons. The molecule has 136 valence electrons. The van der Waals surface area contributed by atoms with E-state index in [1.54, 1.807) is 0 Å². The summed E-state index contributed by atoms with van der Waals surface area (Å²) in [7, 11) is 0. The predicted molar refractivity (Wildman–Crippen MR) is 106 cm³/mol. The zero-order chi connectivity index (χ0) is 18.4. The van der Waals surface area contributed by atoms with Gasteiger partial charge in [-0.2, -0.15) is 4.52 Å². The minimum atomic E-state index is 0.780. The molecule has 26 heavy (non-hydrogen) atoms. The number of fused-ring (bicyclic) bond motifs is 3. The highest BCUT2D eigenvalue weighted by atomic mass is 15.4. The van der Waals surface area contributed by atoms with E-state index >= 15 is 0 Å². The van der Waals surface area contributed by atoms with Crippen molar-refractivity contribution in [3.63, 3.8) is 0 Å². The van der Waals surface area contributed by atoms with Gasteiger partial charge in [-0.3, -0.25) is 4.90 Å². The number of nitrogens with zero attached hydrogens (tertiary/aromatic N) is 6. The SMILES string of the molecule is C=C(C)CN1CCN(c2cc(C)nc3c4c(C)cc(C)nc4nn23)CC1. The second-order valence-electron chi connectivity index (χ2n) is 7.49. The maximum Gasteiger partial charge on any atom is 0.184 e. The molecule has 6 heteroatoms. The summed E-state index contributed by atoms with van der Waals surface area (Å²) < 4.78 is 1.98. The van der Waals surface area contributed by atoms with Gasteiger partial charge in [-0.15, -0.1) is 5.10 Å². The molecule has 0 amide bonds. The fourth-order valence-corrected chi connectivity index (χ4v) is 3.87. The van der Waals surface area contributed by atoms with Gasteiger partial charge in [-0.05, 0) is 39.3 Å². The fraction of sp³-hybridized carbons (Fsp3) is 0.450. The Kier molecular flexibility index (Phi) is 4.15. The Morgan fingerprint density at radius 1 is 1.04 bits per heavy atom. The van der Waals surface area contributed by atoms with Crippen molar-refractivity contribution in [1.82, 2.24) is 24.5 Å². The second kappa shape index (κ2) is 6.36. The Morgan fingerprint density at radius 3 is 2.42 bits per heavy atom. The quantitative estimate of drug-likeness (QED) is 0.680. The summed E-state index contributed by atoms with van der Waals surface area (Å²) in [4.78, 5) is 14.3. The van der Waals surface area contributed by atoms with Gasteiger partial charge < -0.3 is 4.90 Å². The maximum atomic E-state index is 4.79. The first-order chi connectivity index (χ1) is 12.4. The summed E-state index contributed by atoms with van der Waals surface area (Å²) in [5.74, 6) is 1.11. The molecule has 1 aliphatic rings. The van der Waals surface area contributed by atoms with Gasteiger partial charge in [-0.1, -0.05) is 12.2 Å².